The van der Waals surface area contributed by atoms with E-state index in [0.717, 1.165) is 11.3 Å². The Hall–Kier alpha value is -1.95. The van der Waals surface area contributed by atoms with Gasteiger partial charge in [-0.05, 0) is 18.2 Å². The topological polar surface area (TPSA) is 59.0 Å². The Kier molecular flexibility index (Phi) is 3.16. The van der Waals surface area contributed by atoms with Gasteiger partial charge in [0.05, 0.1) is 5.69 Å². The third-order valence-corrected chi connectivity index (χ3v) is 3.29. The van der Waals surface area contributed by atoms with E-state index in [4.69, 9.17) is 0 Å². The van der Waals surface area contributed by atoms with Gasteiger partial charge < -0.3 is 0 Å². The summed E-state index contributed by atoms with van der Waals surface area (Å²) in [7, 11) is 0. The minimum Gasteiger partial charge on any atom is -0.280 e. The van der Waals surface area contributed by atoms with Crippen molar-refractivity contribution in [2.24, 2.45) is 0 Å². The molecule has 3 rings (SSSR count). The predicted molar refractivity (Wildman–Crippen MR) is 75.0 cm³/mol. The monoisotopic (exact) mass is 272 g/mol. The fourth-order valence-electron chi connectivity index (χ4n) is 2.04. The Morgan fingerprint density at radius 3 is 2.89 bits per heavy atom. The number of anilines is 1. The molecule has 0 aromatic carbocycles. The number of hydrogen-bond acceptors (Lipinski definition) is 5. The highest BCUT2D eigenvalue weighted by Crippen LogP contribution is 2.23. The van der Waals surface area contributed by atoms with Crippen molar-refractivity contribution in [3.63, 3.8) is 0 Å². The molecule has 0 saturated carbocycles. The van der Waals surface area contributed by atoms with Gasteiger partial charge in [0.2, 0.25) is 11.9 Å². The normalized spacial score (nSPS) is 18.9. The summed E-state index contributed by atoms with van der Waals surface area (Å²) in [6.45, 7) is 0.554. The summed E-state index contributed by atoms with van der Waals surface area (Å²) in [6.07, 6.45) is 5.54. The van der Waals surface area contributed by atoms with Crippen LogP contribution in [-0.4, -0.2) is 32.7 Å². The summed E-state index contributed by atoms with van der Waals surface area (Å²) >= 11 is 4.33. The Morgan fingerprint density at radius 1 is 1.32 bits per heavy atom. The standard InChI is InChI=1S/C13H12N4OS/c18-12-6-10(19)8-17(12)13-15-5-3-11(16-13)9-2-1-4-14-7-9/h1-5,7,10,19H,6,8H2. The molecule has 2 aromatic rings. The van der Waals surface area contributed by atoms with Crippen LogP contribution in [0.5, 0.6) is 0 Å². The van der Waals surface area contributed by atoms with Crippen molar-refractivity contribution in [2.45, 2.75) is 11.7 Å². The van der Waals surface area contributed by atoms with E-state index in [9.17, 15) is 4.79 Å². The molecule has 1 fully saturated rings. The molecule has 3 heterocycles. The molecular weight excluding hydrogens is 260 g/mol. The van der Waals surface area contributed by atoms with E-state index in [1.165, 1.54) is 0 Å². The van der Waals surface area contributed by atoms with E-state index >= 15 is 0 Å². The van der Waals surface area contributed by atoms with E-state index in [1.54, 1.807) is 29.6 Å². The van der Waals surface area contributed by atoms with Crippen LogP contribution < -0.4 is 4.90 Å². The molecular formula is C13H12N4OS. The summed E-state index contributed by atoms with van der Waals surface area (Å²) in [5.74, 6) is 0.450. The van der Waals surface area contributed by atoms with E-state index in [0.29, 0.717) is 18.9 Å². The van der Waals surface area contributed by atoms with Crippen LogP contribution in [0.2, 0.25) is 0 Å². The highest BCUT2D eigenvalue weighted by Gasteiger charge is 2.30. The SMILES string of the molecule is O=C1CC(S)CN1c1nccc(-c2cccnc2)n1. The lowest BCUT2D eigenvalue weighted by Crippen LogP contribution is -2.26. The first kappa shape index (κ1) is 12.1. The van der Waals surface area contributed by atoms with Crippen LogP contribution in [-0.2, 0) is 4.79 Å². The molecule has 1 atom stereocenters. The molecule has 2 aromatic heterocycles. The highest BCUT2D eigenvalue weighted by atomic mass is 32.1. The Morgan fingerprint density at radius 2 is 2.21 bits per heavy atom. The lowest BCUT2D eigenvalue weighted by molar-refractivity contribution is -0.117. The maximum absolute atomic E-state index is 11.8. The molecule has 0 N–H and O–H groups in total. The smallest absolute Gasteiger partial charge is 0.232 e. The maximum Gasteiger partial charge on any atom is 0.232 e. The van der Waals surface area contributed by atoms with Crippen molar-refractivity contribution < 1.29 is 4.79 Å². The number of hydrogen-bond donors (Lipinski definition) is 1. The van der Waals surface area contributed by atoms with Crippen LogP contribution in [0, 0.1) is 0 Å². The van der Waals surface area contributed by atoms with Gasteiger partial charge in [0.15, 0.2) is 0 Å². The van der Waals surface area contributed by atoms with Crippen molar-refractivity contribution in [3.8, 4) is 11.3 Å². The van der Waals surface area contributed by atoms with Gasteiger partial charge >= 0.3 is 0 Å². The molecule has 96 valence electrons. The van der Waals surface area contributed by atoms with E-state index in [1.807, 2.05) is 12.1 Å². The molecule has 0 aliphatic carbocycles. The van der Waals surface area contributed by atoms with E-state index in [2.05, 4.69) is 27.6 Å². The number of carbonyl (C=O) groups is 1. The quantitative estimate of drug-likeness (QED) is 0.843. The molecule has 5 nitrogen and oxygen atoms in total. The number of pyridine rings is 1. The molecule has 19 heavy (non-hydrogen) atoms. The zero-order chi connectivity index (χ0) is 13.2. The summed E-state index contributed by atoms with van der Waals surface area (Å²) < 4.78 is 0. The number of carbonyl (C=O) groups excluding carboxylic acids is 1. The van der Waals surface area contributed by atoms with Gasteiger partial charge in [0.1, 0.15) is 0 Å². The first-order valence-electron chi connectivity index (χ1n) is 5.96. The van der Waals surface area contributed by atoms with E-state index < -0.39 is 0 Å². The van der Waals surface area contributed by atoms with Crippen molar-refractivity contribution in [3.05, 3.63) is 36.8 Å². The molecule has 0 radical (unpaired) electrons. The fourth-order valence-corrected chi connectivity index (χ4v) is 2.36. The maximum atomic E-state index is 11.8. The lowest BCUT2D eigenvalue weighted by atomic mass is 10.2. The lowest BCUT2D eigenvalue weighted by Gasteiger charge is -2.14. The summed E-state index contributed by atoms with van der Waals surface area (Å²) in [6, 6.07) is 5.58. The molecule has 1 aliphatic heterocycles. The Bertz CT molecular complexity index is 605. The number of thiol groups is 1. The van der Waals surface area contributed by atoms with Crippen molar-refractivity contribution in [1.82, 2.24) is 15.0 Å². The fraction of sp³-hybridized carbons (Fsp3) is 0.231. The van der Waals surface area contributed by atoms with Crippen LogP contribution in [0.3, 0.4) is 0 Å². The molecule has 1 unspecified atom stereocenters. The van der Waals surface area contributed by atoms with Crippen LogP contribution in [0.1, 0.15) is 6.42 Å². The van der Waals surface area contributed by atoms with Crippen molar-refractivity contribution >= 4 is 24.5 Å². The number of nitrogens with zero attached hydrogens (tertiary/aromatic N) is 4. The Labute approximate surface area is 116 Å². The number of aromatic nitrogens is 3. The predicted octanol–water partition coefficient (Wildman–Crippen LogP) is 1.57. The van der Waals surface area contributed by atoms with Gasteiger partial charge in [0, 0.05) is 42.4 Å². The minimum absolute atomic E-state index is 0.0170. The van der Waals surface area contributed by atoms with Crippen molar-refractivity contribution in [1.29, 1.82) is 0 Å². The van der Waals surface area contributed by atoms with Crippen LogP contribution in [0.25, 0.3) is 11.3 Å². The molecule has 1 aliphatic rings. The number of amides is 1. The van der Waals surface area contributed by atoms with Gasteiger partial charge in [-0.25, -0.2) is 9.97 Å². The average Bonchev–Trinajstić information content (AvgIpc) is 2.79. The third-order valence-electron chi connectivity index (χ3n) is 2.95. The summed E-state index contributed by atoms with van der Waals surface area (Å²) in [5.41, 5.74) is 1.66. The highest BCUT2D eigenvalue weighted by molar-refractivity contribution is 7.81. The molecule has 1 saturated heterocycles. The third kappa shape index (κ3) is 2.44. The second-order valence-electron chi connectivity index (χ2n) is 4.35. The van der Waals surface area contributed by atoms with E-state index in [-0.39, 0.29) is 11.2 Å². The minimum atomic E-state index is 0.0170. The van der Waals surface area contributed by atoms with Gasteiger partial charge in [-0.15, -0.1) is 0 Å². The second-order valence-corrected chi connectivity index (χ2v) is 5.08. The van der Waals surface area contributed by atoms with Gasteiger partial charge in [-0.3, -0.25) is 14.7 Å². The van der Waals surface area contributed by atoms with Crippen molar-refractivity contribution in [2.75, 3.05) is 11.4 Å². The summed E-state index contributed by atoms with van der Waals surface area (Å²) in [4.78, 5) is 26.1. The second kappa shape index (κ2) is 4.97. The first-order chi connectivity index (χ1) is 9.24. The largest absolute Gasteiger partial charge is 0.280 e. The van der Waals surface area contributed by atoms with Crippen LogP contribution >= 0.6 is 12.6 Å². The average molecular weight is 272 g/mol. The molecule has 1 amide bonds. The number of rotatable bonds is 2. The van der Waals surface area contributed by atoms with Crippen LogP contribution in [0.15, 0.2) is 36.8 Å². The molecule has 0 bridgehead atoms. The zero-order valence-corrected chi connectivity index (χ0v) is 11.0. The summed E-state index contributed by atoms with van der Waals surface area (Å²) in [5, 5.41) is 0.0538. The first-order valence-corrected chi connectivity index (χ1v) is 6.47. The zero-order valence-electron chi connectivity index (χ0n) is 10.1. The van der Waals surface area contributed by atoms with Crippen LogP contribution in [0.4, 0.5) is 5.95 Å². The molecule has 0 spiro atoms. The van der Waals surface area contributed by atoms with Gasteiger partial charge in [-0.1, -0.05) is 0 Å². The van der Waals surface area contributed by atoms with Gasteiger partial charge in [0.25, 0.3) is 0 Å². The Balaban J connectivity index is 1.95. The van der Waals surface area contributed by atoms with Gasteiger partial charge in [-0.2, -0.15) is 12.6 Å². The molecule has 6 heteroatoms.